The van der Waals surface area contributed by atoms with Gasteiger partial charge in [-0.15, -0.1) is 0 Å². The highest BCUT2D eigenvalue weighted by Gasteiger charge is 2.47. The van der Waals surface area contributed by atoms with Gasteiger partial charge in [0.2, 0.25) is 0 Å². The number of rotatable bonds is 4. The van der Waals surface area contributed by atoms with Gasteiger partial charge in [-0.2, -0.15) is 0 Å². The Morgan fingerprint density at radius 3 is 2.52 bits per heavy atom. The van der Waals surface area contributed by atoms with Gasteiger partial charge in [0.05, 0.1) is 30.6 Å². The third-order valence-electron chi connectivity index (χ3n) is 4.83. The van der Waals surface area contributed by atoms with Crippen LogP contribution >= 0.6 is 0 Å². The maximum atomic E-state index is 13.0. The number of anilines is 1. The fraction of sp³-hybridized carbons (Fsp3) is 0.0870. The fourth-order valence-electron chi connectivity index (χ4n) is 3.47. The number of amides is 1. The van der Waals surface area contributed by atoms with Gasteiger partial charge in [0.15, 0.2) is 0 Å². The predicted molar refractivity (Wildman–Crippen MR) is 108 cm³/mol. The number of hydrogen-bond donors (Lipinski definition) is 1. The van der Waals surface area contributed by atoms with E-state index < -0.39 is 17.7 Å². The van der Waals surface area contributed by atoms with Crippen LogP contribution in [0, 0.1) is 0 Å². The van der Waals surface area contributed by atoms with E-state index in [4.69, 9.17) is 4.74 Å². The van der Waals surface area contributed by atoms with E-state index in [2.05, 4.69) is 4.98 Å². The second-order valence-corrected chi connectivity index (χ2v) is 6.52. The average Bonchev–Trinajstić information content (AvgIpc) is 3.05. The van der Waals surface area contributed by atoms with Crippen LogP contribution < -0.4 is 9.64 Å². The number of nitrogens with zero attached hydrogens (tertiary/aromatic N) is 2. The lowest BCUT2D eigenvalue weighted by Crippen LogP contribution is -2.29. The monoisotopic (exact) mass is 386 g/mol. The Labute approximate surface area is 167 Å². The number of aliphatic hydroxyl groups is 1. The molecule has 1 amide bonds. The van der Waals surface area contributed by atoms with Crippen molar-refractivity contribution in [2.75, 3.05) is 12.0 Å². The minimum Gasteiger partial charge on any atom is -0.507 e. The normalized spacial score (nSPS) is 18.1. The van der Waals surface area contributed by atoms with Gasteiger partial charge in [0, 0.05) is 11.8 Å². The van der Waals surface area contributed by atoms with Crippen LogP contribution in [0.5, 0.6) is 5.75 Å². The molecule has 0 aliphatic carbocycles. The molecule has 1 N–H and O–H groups in total. The van der Waals surface area contributed by atoms with Crippen molar-refractivity contribution in [1.82, 2.24) is 4.98 Å². The molecule has 144 valence electrons. The molecule has 4 rings (SSSR count). The van der Waals surface area contributed by atoms with E-state index in [1.807, 2.05) is 6.07 Å². The largest absolute Gasteiger partial charge is 0.507 e. The fourth-order valence-corrected chi connectivity index (χ4v) is 3.47. The van der Waals surface area contributed by atoms with E-state index in [1.54, 1.807) is 74.0 Å². The molecule has 0 bridgehead atoms. The standard InChI is InChI=1S/C23H18N2O4/c1-29-18-11-5-9-16(13-18)20-19(21(26)15-7-3-2-4-8-15)22(27)23(28)25(20)17-10-6-12-24-14-17/h2-14,20,26H,1H3/t20-/m0/s1. The van der Waals surface area contributed by atoms with Crippen molar-refractivity contribution in [2.24, 2.45) is 0 Å². The Bertz CT molecular complexity index is 1090. The van der Waals surface area contributed by atoms with Crippen LogP contribution in [0.1, 0.15) is 17.2 Å². The molecule has 3 aromatic rings. The molecular formula is C23H18N2O4. The second-order valence-electron chi connectivity index (χ2n) is 6.52. The summed E-state index contributed by atoms with van der Waals surface area (Å²) in [5, 5.41) is 11.0. The van der Waals surface area contributed by atoms with Crippen LogP contribution in [0.15, 0.2) is 84.7 Å². The molecule has 1 fully saturated rings. The Morgan fingerprint density at radius 2 is 1.83 bits per heavy atom. The summed E-state index contributed by atoms with van der Waals surface area (Å²) in [6.45, 7) is 0. The van der Waals surface area contributed by atoms with E-state index in [0.29, 0.717) is 22.6 Å². The summed E-state index contributed by atoms with van der Waals surface area (Å²) in [6, 6.07) is 18.4. The number of Topliss-reactive ketones (excluding diaryl/α,β-unsaturated/α-hetero) is 1. The molecule has 0 unspecified atom stereocenters. The number of ether oxygens (including phenoxy) is 1. The number of benzene rings is 2. The third kappa shape index (κ3) is 3.25. The first-order chi connectivity index (χ1) is 14.1. The van der Waals surface area contributed by atoms with Crippen molar-refractivity contribution < 1.29 is 19.4 Å². The van der Waals surface area contributed by atoms with Gasteiger partial charge >= 0.3 is 0 Å². The van der Waals surface area contributed by atoms with Gasteiger partial charge in [-0.25, -0.2) is 0 Å². The van der Waals surface area contributed by atoms with Crippen molar-refractivity contribution in [3.63, 3.8) is 0 Å². The van der Waals surface area contributed by atoms with Crippen molar-refractivity contribution in [2.45, 2.75) is 6.04 Å². The van der Waals surface area contributed by atoms with Crippen LogP contribution in [-0.4, -0.2) is 28.9 Å². The van der Waals surface area contributed by atoms with Crippen molar-refractivity contribution in [3.05, 3.63) is 95.8 Å². The zero-order valence-electron chi connectivity index (χ0n) is 15.6. The predicted octanol–water partition coefficient (Wildman–Crippen LogP) is 3.72. The summed E-state index contributed by atoms with van der Waals surface area (Å²) in [5.74, 6) is -1.10. The Hall–Kier alpha value is -3.93. The molecule has 1 aromatic heterocycles. The van der Waals surface area contributed by atoms with Gasteiger partial charge in [-0.05, 0) is 29.8 Å². The van der Waals surface area contributed by atoms with E-state index in [0.717, 1.165) is 0 Å². The summed E-state index contributed by atoms with van der Waals surface area (Å²) in [7, 11) is 1.54. The molecule has 0 radical (unpaired) electrons. The number of methoxy groups -OCH3 is 1. The third-order valence-corrected chi connectivity index (χ3v) is 4.83. The van der Waals surface area contributed by atoms with Gasteiger partial charge in [0.1, 0.15) is 11.5 Å². The van der Waals surface area contributed by atoms with E-state index in [9.17, 15) is 14.7 Å². The molecule has 6 nitrogen and oxygen atoms in total. The van der Waals surface area contributed by atoms with Crippen LogP contribution in [0.25, 0.3) is 5.76 Å². The van der Waals surface area contributed by atoms with Gasteiger partial charge in [0.25, 0.3) is 11.7 Å². The highest BCUT2D eigenvalue weighted by Crippen LogP contribution is 2.42. The van der Waals surface area contributed by atoms with Crippen LogP contribution in [0.4, 0.5) is 5.69 Å². The number of ketones is 1. The van der Waals surface area contributed by atoms with Crippen LogP contribution in [-0.2, 0) is 9.59 Å². The lowest BCUT2D eigenvalue weighted by atomic mass is 9.95. The minimum absolute atomic E-state index is 0.0262. The lowest BCUT2D eigenvalue weighted by molar-refractivity contribution is -0.132. The van der Waals surface area contributed by atoms with Gasteiger partial charge < -0.3 is 9.84 Å². The summed E-state index contributed by atoms with van der Waals surface area (Å²) < 4.78 is 5.31. The smallest absolute Gasteiger partial charge is 0.300 e. The highest BCUT2D eigenvalue weighted by atomic mass is 16.5. The number of carbonyl (C=O) groups excluding carboxylic acids is 2. The van der Waals surface area contributed by atoms with Gasteiger partial charge in [-0.1, -0.05) is 42.5 Å². The Kier molecular flexibility index (Phi) is 4.83. The number of aromatic nitrogens is 1. The van der Waals surface area contributed by atoms with Crippen molar-refractivity contribution >= 4 is 23.1 Å². The number of pyridine rings is 1. The highest BCUT2D eigenvalue weighted by molar-refractivity contribution is 6.51. The minimum atomic E-state index is -0.811. The Morgan fingerprint density at radius 1 is 1.03 bits per heavy atom. The Balaban J connectivity index is 1.96. The number of hydrogen-bond acceptors (Lipinski definition) is 5. The van der Waals surface area contributed by atoms with E-state index in [-0.39, 0.29) is 11.3 Å². The first-order valence-corrected chi connectivity index (χ1v) is 9.02. The molecule has 0 spiro atoms. The first kappa shape index (κ1) is 18.4. The summed E-state index contributed by atoms with van der Waals surface area (Å²) in [5.41, 5.74) is 1.60. The van der Waals surface area contributed by atoms with E-state index in [1.165, 1.54) is 11.1 Å². The molecule has 1 aliphatic rings. The molecule has 2 heterocycles. The SMILES string of the molecule is COc1cccc([C@H]2C(=C(O)c3ccccc3)C(=O)C(=O)N2c2cccnc2)c1. The summed E-state index contributed by atoms with van der Waals surface area (Å²) in [6.07, 6.45) is 3.10. The van der Waals surface area contributed by atoms with Crippen LogP contribution in [0.3, 0.4) is 0 Å². The lowest BCUT2D eigenvalue weighted by Gasteiger charge is -2.25. The molecule has 2 aromatic carbocycles. The molecule has 1 aliphatic heterocycles. The zero-order chi connectivity index (χ0) is 20.4. The van der Waals surface area contributed by atoms with Crippen molar-refractivity contribution in [3.8, 4) is 5.75 Å². The molecular weight excluding hydrogens is 368 g/mol. The first-order valence-electron chi connectivity index (χ1n) is 9.02. The van der Waals surface area contributed by atoms with Crippen LogP contribution in [0.2, 0.25) is 0 Å². The molecule has 29 heavy (non-hydrogen) atoms. The molecule has 1 atom stereocenters. The maximum absolute atomic E-state index is 13.0. The molecule has 1 saturated heterocycles. The molecule has 6 heteroatoms. The quantitative estimate of drug-likeness (QED) is 0.420. The van der Waals surface area contributed by atoms with E-state index >= 15 is 0 Å². The molecule has 0 saturated carbocycles. The number of carbonyl (C=O) groups is 2. The number of aliphatic hydroxyl groups excluding tert-OH is 1. The average molecular weight is 386 g/mol. The van der Waals surface area contributed by atoms with Gasteiger partial charge in [-0.3, -0.25) is 19.5 Å². The summed E-state index contributed by atoms with van der Waals surface area (Å²) in [4.78, 5) is 31.4. The second kappa shape index (κ2) is 7.59. The maximum Gasteiger partial charge on any atom is 0.300 e. The topological polar surface area (TPSA) is 79.7 Å². The summed E-state index contributed by atoms with van der Waals surface area (Å²) >= 11 is 0. The zero-order valence-corrected chi connectivity index (χ0v) is 15.6. The van der Waals surface area contributed by atoms with Crippen molar-refractivity contribution in [1.29, 1.82) is 0 Å².